The van der Waals surface area contributed by atoms with E-state index in [0.717, 1.165) is 30.8 Å². The van der Waals surface area contributed by atoms with Crippen molar-refractivity contribution in [3.63, 3.8) is 0 Å². The van der Waals surface area contributed by atoms with E-state index >= 15 is 0 Å². The molecule has 1 aliphatic rings. The standard InChI is InChI=1S/C18H25N3O2/c1-4-16(13-5-6-17-14(9-13)7-8-23-17)19-12-18(2,22)15-10-20-21(3)11-15/h5-6,9-11,16,19,22H,4,7-8,12H2,1-3H3. The van der Waals surface area contributed by atoms with Gasteiger partial charge in [-0.25, -0.2) is 0 Å². The molecule has 0 saturated heterocycles. The summed E-state index contributed by atoms with van der Waals surface area (Å²) in [4.78, 5) is 0. The van der Waals surface area contributed by atoms with E-state index in [-0.39, 0.29) is 6.04 Å². The van der Waals surface area contributed by atoms with Crippen LogP contribution in [0.25, 0.3) is 0 Å². The van der Waals surface area contributed by atoms with E-state index in [1.54, 1.807) is 10.9 Å². The molecule has 0 aliphatic carbocycles. The van der Waals surface area contributed by atoms with Crippen molar-refractivity contribution in [1.29, 1.82) is 0 Å². The van der Waals surface area contributed by atoms with Gasteiger partial charge in [-0.05, 0) is 30.5 Å². The van der Waals surface area contributed by atoms with Gasteiger partial charge in [-0.2, -0.15) is 5.10 Å². The molecule has 0 saturated carbocycles. The van der Waals surface area contributed by atoms with Crippen LogP contribution in [-0.4, -0.2) is 28.0 Å². The highest BCUT2D eigenvalue weighted by Crippen LogP contribution is 2.29. The van der Waals surface area contributed by atoms with Gasteiger partial charge >= 0.3 is 0 Å². The van der Waals surface area contributed by atoms with Crippen LogP contribution in [0.3, 0.4) is 0 Å². The molecule has 1 aromatic heterocycles. The van der Waals surface area contributed by atoms with Crippen LogP contribution in [0.5, 0.6) is 5.75 Å². The first-order valence-electron chi connectivity index (χ1n) is 8.20. The van der Waals surface area contributed by atoms with Gasteiger partial charge < -0.3 is 15.2 Å². The van der Waals surface area contributed by atoms with E-state index < -0.39 is 5.60 Å². The summed E-state index contributed by atoms with van der Waals surface area (Å²) in [5, 5.41) is 18.3. The average Bonchev–Trinajstić information content (AvgIpc) is 3.16. The predicted molar refractivity (Wildman–Crippen MR) is 89.5 cm³/mol. The molecule has 0 fully saturated rings. The van der Waals surface area contributed by atoms with Gasteiger partial charge in [-0.3, -0.25) is 4.68 Å². The Morgan fingerprint density at radius 3 is 3.00 bits per heavy atom. The van der Waals surface area contributed by atoms with Crippen molar-refractivity contribution in [3.05, 3.63) is 47.3 Å². The molecule has 2 aromatic rings. The van der Waals surface area contributed by atoms with Crippen LogP contribution in [0.1, 0.15) is 43.0 Å². The predicted octanol–water partition coefficient (Wildman–Crippen LogP) is 2.30. The van der Waals surface area contributed by atoms with Crippen molar-refractivity contribution in [2.75, 3.05) is 13.2 Å². The highest BCUT2D eigenvalue weighted by molar-refractivity contribution is 5.40. The minimum Gasteiger partial charge on any atom is -0.493 e. The fourth-order valence-corrected chi connectivity index (χ4v) is 3.04. The Kier molecular flexibility index (Phi) is 4.41. The zero-order valence-corrected chi connectivity index (χ0v) is 14.0. The molecule has 0 spiro atoms. The second kappa shape index (κ2) is 6.34. The SMILES string of the molecule is CCC(NCC(C)(O)c1cnn(C)c1)c1ccc2c(c1)CCO2. The number of hydrogen-bond acceptors (Lipinski definition) is 4. The Balaban J connectivity index is 1.70. The zero-order chi connectivity index (χ0) is 16.4. The van der Waals surface area contributed by atoms with Crippen LogP contribution in [0, 0.1) is 0 Å². The third-order valence-corrected chi connectivity index (χ3v) is 4.54. The molecule has 124 valence electrons. The first-order chi connectivity index (χ1) is 11.0. The summed E-state index contributed by atoms with van der Waals surface area (Å²) in [7, 11) is 1.86. The highest BCUT2D eigenvalue weighted by Gasteiger charge is 2.26. The fourth-order valence-electron chi connectivity index (χ4n) is 3.04. The second-order valence-electron chi connectivity index (χ2n) is 6.48. The molecule has 0 radical (unpaired) electrons. The molecule has 1 aliphatic heterocycles. The molecular formula is C18H25N3O2. The van der Waals surface area contributed by atoms with Gasteiger partial charge in [-0.15, -0.1) is 0 Å². The van der Waals surface area contributed by atoms with Crippen LogP contribution in [0.15, 0.2) is 30.6 Å². The molecule has 2 heterocycles. The number of rotatable bonds is 6. The van der Waals surface area contributed by atoms with E-state index in [2.05, 4.69) is 35.5 Å². The van der Waals surface area contributed by atoms with Crippen LogP contribution >= 0.6 is 0 Å². The minimum absolute atomic E-state index is 0.212. The van der Waals surface area contributed by atoms with Crippen LogP contribution in [0.2, 0.25) is 0 Å². The lowest BCUT2D eigenvalue weighted by molar-refractivity contribution is 0.0535. The molecule has 5 heteroatoms. The van der Waals surface area contributed by atoms with Crippen molar-refractivity contribution in [1.82, 2.24) is 15.1 Å². The molecule has 2 unspecified atom stereocenters. The monoisotopic (exact) mass is 315 g/mol. The van der Waals surface area contributed by atoms with E-state index in [9.17, 15) is 5.11 Å². The maximum Gasteiger partial charge on any atom is 0.122 e. The largest absolute Gasteiger partial charge is 0.493 e. The Labute approximate surface area is 137 Å². The fraction of sp³-hybridized carbons (Fsp3) is 0.500. The molecule has 23 heavy (non-hydrogen) atoms. The van der Waals surface area contributed by atoms with Gasteiger partial charge in [0.2, 0.25) is 0 Å². The van der Waals surface area contributed by atoms with Gasteiger partial charge in [0, 0.05) is 37.8 Å². The first-order valence-corrected chi connectivity index (χ1v) is 8.20. The number of benzene rings is 1. The number of nitrogens with one attached hydrogen (secondary N) is 1. The summed E-state index contributed by atoms with van der Waals surface area (Å²) < 4.78 is 7.28. The van der Waals surface area contributed by atoms with E-state index in [0.29, 0.717) is 6.54 Å². The Bertz CT molecular complexity index is 679. The Morgan fingerprint density at radius 2 is 2.30 bits per heavy atom. The maximum absolute atomic E-state index is 10.7. The normalized spacial score (nSPS) is 17.4. The lowest BCUT2D eigenvalue weighted by atomic mass is 9.96. The molecule has 3 rings (SSSR count). The van der Waals surface area contributed by atoms with Crippen LogP contribution < -0.4 is 10.1 Å². The Hall–Kier alpha value is -1.85. The van der Waals surface area contributed by atoms with Gasteiger partial charge in [0.1, 0.15) is 11.4 Å². The molecule has 0 amide bonds. The minimum atomic E-state index is -0.943. The van der Waals surface area contributed by atoms with Crippen molar-refractivity contribution in [3.8, 4) is 5.75 Å². The first kappa shape index (κ1) is 16.0. The molecular weight excluding hydrogens is 290 g/mol. The molecule has 2 N–H and O–H groups in total. The van der Waals surface area contributed by atoms with Crippen molar-refractivity contribution >= 4 is 0 Å². The zero-order valence-electron chi connectivity index (χ0n) is 14.0. The number of fused-ring (bicyclic) bond motifs is 1. The maximum atomic E-state index is 10.7. The van der Waals surface area contributed by atoms with Crippen LogP contribution in [-0.2, 0) is 19.1 Å². The molecule has 1 aromatic carbocycles. The van der Waals surface area contributed by atoms with Crippen molar-refractivity contribution in [2.45, 2.75) is 38.3 Å². The molecule has 5 nitrogen and oxygen atoms in total. The summed E-state index contributed by atoms with van der Waals surface area (Å²) in [6.07, 6.45) is 5.51. The number of ether oxygens (including phenoxy) is 1. The van der Waals surface area contributed by atoms with Gasteiger partial charge in [0.25, 0.3) is 0 Å². The second-order valence-corrected chi connectivity index (χ2v) is 6.48. The number of aliphatic hydroxyl groups is 1. The number of aryl methyl sites for hydroxylation is 1. The smallest absolute Gasteiger partial charge is 0.122 e. The van der Waals surface area contributed by atoms with Gasteiger partial charge in [-0.1, -0.05) is 19.1 Å². The topological polar surface area (TPSA) is 59.3 Å². The highest BCUT2D eigenvalue weighted by atomic mass is 16.5. The number of aromatic nitrogens is 2. The summed E-state index contributed by atoms with van der Waals surface area (Å²) in [6.45, 7) is 5.23. The van der Waals surface area contributed by atoms with Crippen molar-refractivity contribution in [2.24, 2.45) is 7.05 Å². The van der Waals surface area contributed by atoms with Gasteiger partial charge in [0.05, 0.1) is 12.8 Å². The van der Waals surface area contributed by atoms with E-state index in [1.165, 1.54) is 11.1 Å². The summed E-state index contributed by atoms with van der Waals surface area (Å²) in [5.74, 6) is 1.01. The molecule has 0 bridgehead atoms. The summed E-state index contributed by atoms with van der Waals surface area (Å²) in [6, 6.07) is 6.61. The Morgan fingerprint density at radius 1 is 1.48 bits per heavy atom. The lowest BCUT2D eigenvalue weighted by Crippen LogP contribution is -2.37. The van der Waals surface area contributed by atoms with Crippen molar-refractivity contribution < 1.29 is 9.84 Å². The quantitative estimate of drug-likeness (QED) is 0.859. The lowest BCUT2D eigenvalue weighted by Gasteiger charge is -2.26. The third kappa shape index (κ3) is 3.41. The number of nitrogens with zero attached hydrogens (tertiary/aromatic N) is 2. The number of hydrogen-bond donors (Lipinski definition) is 2. The third-order valence-electron chi connectivity index (χ3n) is 4.54. The van der Waals surface area contributed by atoms with Gasteiger partial charge in [0.15, 0.2) is 0 Å². The van der Waals surface area contributed by atoms with E-state index in [4.69, 9.17) is 4.74 Å². The average molecular weight is 315 g/mol. The van der Waals surface area contributed by atoms with Crippen LogP contribution in [0.4, 0.5) is 0 Å². The van der Waals surface area contributed by atoms with E-state index in [1.807, 2.05) is 20.2 Å². The summed E-state index contributed by atoms with van der Waals surface area (Å²) >= 11 is 0. The molecule has 2 atom stereocenters. The summed E-state index contributed by atoms with van der Waals surface area (Å²) in [5.41, 5.74) is 2.41.